The normalized spacial score (nSPS) is 28.9. The monoisotopic (exact) mass is 521 g/mol. The SMILES string of the molecule is CC[C@@]12O[C@@](CCOc3ccc(C#N)cc3)(C[C@H]1OC)[C@@H]1C(=O)N(c3ccc(C#N)c4ccccc34)C(=O)[C@@H]12. The van der Waals surface area contributed by atoms with Crippen LogP contribution in [0.25, 0.3) is 10.8 Å². The Hall–Kier alpha value is -4.24. The van der Waals surface area contributed by atoms with E-state index in [4.69, 9.17) is 19.5 Å². The van der Waals surface area contributed by atoms with E-state index in [1.165, 1.54) is 4.90 Å². The van der Waals surface area contributed by atoms with E-state index < -0.39 is 23.0 Å². The summed E-state index contributed by atoms with van der Waals surface area (Å²) < 4.78 is 18.6. The van der Waals surface area contributed by atoms with Gasteiger partial charge < -0.3 is 14.2 Å². The van der Waals surface area contributed by atoms with Gasteiger partial charge in [-0.3, -0.25) is 9.59 Å². The van der Waals surface area contributed by atoms with Crippen molar-refractivity contribution in [1.29, 1.82) is 10.5 Å². The zero-order valence-corrected chi connectivity index (χ0v) is 21.7. The number of benzene rings is 3. The fourth-order valence-corrected chi connectivity index (χ4v) is 7.01. The van der Waals surface area contributed by atoms with Crippen LogP contribution in [0.15, 0.2) is 60.7 Å². The van der Waals surface area contributed by atoms with Crippen molar-refractivity contribution < 1.29 is 23.8 Å². The molecule has 2 bridgehead atoms. The van der Waals surface area contributed by atoms with Gasteiger partial charge in [0.2, 0.25) is 11.8 Å². The van der Waals surface area contributed by atoms with Crippen LogP contribution in [0.2, 0.25) is 0 Å². The van der Waals surface area contributed by atoms with Gasteiger partial charge in [0.15, 0.2) is 0 Å². The van der Waals surface area contributed by atoms with Crippen molar-refractivity contribution in [2.24, 2.45) is 11.8 Å². The molecule has 0 N–H and O–H groups in total. The Morgan fingerprint density at radius 3 is 2.36 bits per heavy atom. The zero-order valence-electron chi connectivity index (χ0n) is 21.7. The van der Waals surface area contributed by atoms with Crippen LogP contribution < -0.4 is 9.64 Å². The zero-order chi connectivity index (χ0) is 27.4. The number of fused-ring (bicyclic) bond motifs is 6. The molecule has 3 aromatic carbocycles. The summed E-state index contributed by atoms with van der Waals surface area (Å²) in [5, 5.41) is 20.0. The second-order valence-electron chi connectivity index (χ2n) is 10.4. The van der Waals surface area contributed by atoms with Crippen LogP contribution in [0.5, 0.6) is 5.75 Å². The van der Waals surface area contributed by atoms with Gasteiger partial charge in [-0.05, 0) is 42.8 Å². The molecule has 8 heteroatoms. The minimum absolute atomic E-state index is 0.270. The van der Waals surface area contributed by atoms with E-state index in [0.717, 1.165) is 0 Å². The van der Waals surface area contributed by atoms with Crippen molar-refractivity contribution in [3.8, 4) is 17.9 Å². The molecule has 8 nitrogen and oxygen atoms in total. The third kappa shape index (κ3) is 3.49. The first kappa shape index (κ1) is 25.1. The number of anilines is 1. The Morgan fingerprint density at radius 1 is 0.974 bits per heavy atom. The number of carbonyl (C=O) groups excluding carboxylic acids is 2. The Morgan fingerprint density at radius 2 is 1.69 bits per heavy atom. The van der Waals surface area contributed by atoms with Gasteiger partial charge in [0.25, 0.3) is 0 Å². The molecule has 6 rings (SSSR count). The average Bonchev–Trinajstić information content (AvgIpc) is 3.56. The topological polar surface area (TPSA) is 113 Å². The molecule has 0 aliphatic carbocycles. The lowest BCUT2D eigenvalue weighted by molar-refractivity contribution is -0.138. The number of rotatable bonds is 7. The van der Waals surface area contributed by atoms with Crippen LogP contribution in [0.1, 0.15) is 37.3 Å². The molecule has 2 amide bonds. The molecule has 39 heavy (non-hydrogen) atoms. The average molecular weight is 522 g/mol. The number of hydrogen-bond acceptors (Lipinski definition) is 7. The molecule has 3 saturated heterocycles. The van der Waals surface area contributed by atoms with Crippen LogP contribution in [0.4, 0.5) is 5.69 Å². The van der Waals surface area contributed by atoms with Crippen molar-refractivity contribution in [1.82, 2.24) is 0 Å². The molecular formula is C31H27N3O5. The van der Waals surface area contributed by atoms with Gasteiger partial charge in [0, 0.05) is 30.7 Å². The van der Waals surface area contributed by atoms with Crippen molar-refractivity contribution in [2.45, 2.75) is 43.5 Å². The molecule has 3 aliphatic rings. The summed E-state index contributed by atoms with van der Waals surface area (Å²) in [4.78, 5) is 29.7. The standard InChI is InChI=1S/C31H27N3O5/c1-3-31-25(37-2)16-30(39-31,14-15-38-21-11-8-19(17-32)9-12-21)26-27(31)29(36)34(28(26)35)24-13-10-20(18-33)22-6-4-5-7-23(22)24/h4-13,25-27H,3,14-16H2,1-2H3/t25-,26+,27-,30+,31-/m1/s1. The summed E-state index contributed by atoms with van der Waals surface area (Å²) in [6.45, 7) is 2.24. The van der Waals surface area contributed by atoms with E-state index in [9.17, 15) is 14.9 Å². The second-order valence-corrected chi connectivity index (χ2v) is 10.4. The number of imide groups is 1. The Labute approximate surface area is 226 Å². The molecular weight excluding hydrogens is 494 g/mol. The van der Waals surface area contributed by atoms with E-state index in [-0.39, 0.29) is 24.5 Å². The van der Waals surface area contributed by atoms with Gasteiger partial charge in [-0.2, -0.15) is 10.5 Å². The minimum Gasteiger partial charge on any atom is -0.493 e. The largest absolute Gasteiger partial charge is 0.493 e. The number of carbonyl (C=O) groups is 2. The van der Waals surface area contributed by atoms with Crippen molar-refractivity contribution >= 4 is 28.3 Å². The molecule has 3 fully saturated rings. The van der Waals surface area contributed by atoms with Crippen LogP contribution >= 0.6 is 0 Å². The van der Waals surface area contributed by atoms with Gasteiger partial charge in [0.1, 0.15) is 11.4 Å². The highest BCUT2D eigenvalue weighted by Crippen LogP contribution is 2.64. The van der Waals surface area contributed by atoms with E-state index in [0.29, 0.717) is 52.6 Å². The van der Waals surface area contributed by atoms with Gasteiger partial charge in [-0.1, -0.05) is 31.2 Å². The van der Waals surface area contributed by atoms with Gasteiger partial charge in [-0.25, -0.2) is 4.90 Å². The van der Waals surface area contributed by atoms with Crippen molar-refractivity contribution in [2.75, 3.05) is 18.6 Å². The molecule has 5 atom stereocenters. The lowest BCUT2D eigenvalue weighted by Gasteiger charge is -2.36. The van der Waals surface area contributed by atoms with Gasteiger partial charge in [0.05, 0.1) is 59.1 Å². The summed E-state index contributed by atoms with van der Waals surface area (Å²) in [6, 6.07) is 21.8. The molecule has 0 radical (unpaired) electrons. The van der Waals surface area contributed by atoms with Crippen LogP contribution in [0.3, 0.4) is 0 Å². The third-order valence-electron chi connectivity index (χ3n) is 8.75. The van der Waals surface area contributed by atoms with Gasteiger partial charge in [-0.15, -0.1) is 0 Å². The van der Waals surface area contributed by atoms with Crippen LogP contribution in [-0.4, -0.2) is 42.8 Å². The third-order valence-corrected chi connectivity index (χ3v) is 8.75. The predicted molar refractivity (Wildman–Crippen MR) is 142 cm³/mol. The Balaban J connectivity index is 1.37. The first-order valence-corrected chi connectivity index (χ1v) is 13.1. The van der Waals surface area contributed by atoms with Crippen molar-refractivity contribution in [3.63, 3.8) is 0 Å². The maximum atomic E-state index is 14.2. The highest BCUT2D eigenvalue weighted by Gasteiger charge is 2.78. The summed E-state index contributed by atoms with van der Waals surface area (Å²) >= 11 is 0. The quantitative estimate of drug-likeness (QED) is 0.421. The summed E-state index contributed by atoms with van der Waals surface area (Å²) in [5.74, 6) is -1.32. The Kier molecular flexibility index (Phi) is 5.91. The maximum Gasteiger partial charge on any atom is 0.240 e. The van der Waals surface area contributed by atoms with E-state index in [1.54, 1.807) is 43.5 Å². The fourth-order valence-electron chi connectivity index (χ4n) is 7.01. The minimum atomic E-state index is -0.919. The molecule has 3 aromatic rings. The second kappa shape index (κ2) is 9.20. The molecule has 196 valence electrons. The first-order valence-electron chi connectivity index (χ1n) is 13.1. The molecule has 0 unspecified atom stereocenters. The number of nitrogens with zero attached hydrogens (tertiary/aromatic N) is 3. The molecule has 0 saturated carbocycles. The van der Waals surface area contributed by atoms with Crippen LogP contribution in [-0.2, 0) is 19.1 Å². The van der Waals surface area contributed by atoms with E-state index in [2.05, 4.69) is 12.1 Å². The maximum absolute atomic E-state index is 14.2. The summed E-state index contributed by atoms with van der Waals surface area (Å²) in [7, 11) is 1.62. The molecule has 3 heterocycles. The molecule has 0 spiro atoms. The van der Waals surface area contributed by atoms with Crippen LogP contribution in [0, 0.1) is 34.5 Å². The highest BCUT2D eigenvalue weighted by molar-refractivity contribution is 6.26. The summed E-state index contributed by atoms with van der Waals surface area (Å²) in [5.41, 5.74) is -0.328. The molecule has 0 aromatic heterocycles. The lowest BCUT2D eigenvalue weighted by Crippen LogP contribution is -2.51. The first-order chi connectivity index (χ1) is 18.9. The number of hydrogen-bond donors (Lipinski definition) is 0. The van der Waals surface area contributed by atoms with E-state index in [1.807, 2.05) is 31.2 Å². The predicted octanol–water partition coefficient (Wildman–Crippen LogP) is 4.49. The van der Waals surface area contributed by atoms with Gasteiger partial charge >= 0.3 is 0 Å². The summed E-state index contributed by atoms with van der Waals surface area (Å²) in [6.07, 6.45) is 1.06. The van der Waals surface area contributed by atoms with E-state index >= 15 is 0 Å². The fraction of sp³-hybridized carbons (Fsp3) is 0.355. The number of ether oxygens (including phenoxy) is 3. The molecule has 3 aliphatic heterocycles. The highest BCUT2D eigenvalue weighted by atomic mass is 16.6. The number of methoxy groups -OCH3 is 1. The number of amides is 2. The lowest BCUT2D eigenvalue weighted by atomic mass is 9.64. The Bertz CT molecular complexity index is 1570. The number of nitriles is 2. The smallest absolute Gasteiger partial charge is 0.240 e. The van der Waals surface area contributed by atoms with Crippen molar-refractivity contribution in [3.05, 3.63) is 71.8 Å².